The first kappa shape index (κ1) is 14.2. The van der Waals surface area contributed by atoms with Crippen LogP contribution in [-0.2, 0) is 23.1 Å². The van der Waals surface area contributed by atoms with Gasteiger partial charge in [-0.1, -0.05) is 13.0 Å². The molecule has 0 aliphatic carbocycles. The van der Waals surface area contributed by atoms with Crippen LogP contribution < -0.4 is 10.0 Å². The Morgan fingerprint density at radius 1 is 1.42 bits per heavy atom. The molecule has 0 amide bonds. The van der Waals surface area contributed by atoms with Gasteiger partial charge in [-0.3, -0.25) is 5.10 Å². The Balaban J connectivity index is 2.08. The summed E-state index contributed by atoms with van der Waals surface area (Å²) in [5.41, 5.74) is 0.639. The average molecular weight is 300 g/mol. The lowest BCUT2D eigenvalue weighted by Crippen LogP contribution is -2.25. The summed E-state index contributed by atoms with van der Waals surface area (Å²) in [6, 6.07) is 3.78. The van der Waals surface area contributed by atoms with Crippen LogP contribution in [0.4, 0.5) is 0 Å². The zero-order valence-corrected chi connectivity index (χ0v) is 12.1. The summed E-state index contributed by atoms with van der Waals surface area (Å²) >= 11 is 1.51. The third kappa shape index (κ3) is 3.63. The quantitative estimate of drug-likeness (QED) is 0.713. The SMILES string of the molecule is CCNCc1cn[nH]c1S(=O)(=O)NCc1cccs1. The van der Waals surface area contributed by atoms with Crippen LogP contribution in [-0.4, -0.2) is 25.2 Å². The van der Waals surface area contributed by atoms with Crippen molar-refractivity contribution >= 4 is 21.4 Å². The summed E-state index contributed by atoms with van der Waals surface area (Å²) in [6.07, 6.45) is 1.53. The predicted molar refractivity (Wildman–Crippen MR) is 74.3 cm³/mol. The summed E-state index contributed by atoms with van der Waals surface area (Å²) in [7, 11) is -3.56. The molecular formula is C11H16N4O2S2. The Bertz CT molecular complexity index is 604. The van der Waals surface area contributed by atoms with E-state index in [4.69, 9.17) is 0 Å². The zero-order valence-electron chi connectivity index (χ0n) is 10.5. The molecule has 3 N–H and O–H groups in total. The lowest BCUT2D eigenvalue weighted by molar-refractivity contribution is 0.574. The van der Waals surface area contributed by atoms with E-state index in [1.165, 1.54) is 17.5 Å². The highest BCUT2D eigenvalue weighted by Crippen LogP contribution is 2.13. The summed E-state index contributed by atoms with van der Waals surface area (Å²) in [5.74, 6) is 0. The van der Waals surface area contributed by atoms with Crippen LogP contribution >= 0.6 is 11.3 Å². The van der Waals surface area contributed by atoms with E-state index >= 15 is 0 Å². The van der Waals surface area contributed by atoms with Gasteiger partial charge in [0, 0.05) is 23.5 Å². The molecule has 19 heavy (non-hydrogen) atoms. The number of nitrogens with zero attached hydrogens (tertiary/aromatic N) is 1. The summed E-state index contributed by atoms with van der Waals surface area (Å²) in [5, 5.41) is 11.5. The molecule has 2 rings (SSSR count). The minimum atomic E-state index is -3.56. The van der Waals surface area contributed by atoms with Crippen LogP contribution in [0.25, 0.3) is 0 Å². The maximum atomic E-state index is 12.2. The van der Waals surface area contributed by atoms with Crippen molar-refractivity contribution in [3.05, 3.63) is 34.2 Å². The zero-order chi connectivity index (χ0) is 13.7. The molecule has 0 spiro atoms. The normalized spacial score (nSPS) is 11.8. The Kier molecular flexibility index (Phi) is 4.70. The van der Waals surface area contributed by atoms with E-state index in [1.54, 1.807) is 0 Å². The fraction of sp³-hybridized carbons (Fsp3) is 0.364. The standard InChI is InChI=1S/C11H16N4O2S2/c1-2-12-6-9-7-13-15-11(9)19(16,17)14-8-10-4-3-5-18-10/h3-5,7,12,14H,2,6,8H2,1H3,(H,13,15). The van der Waals surface area contributed by atoms with Gasteiger partial charge >= 0.3 is 0 Å². The number of sulfonamides is 1. The molecule has 8 heteroatoms. The minimum absolute atomic E-state index is 0.130. The Hall–Kier alpha value is -1.22. The molecule has 6 nitrogen and oxygen atoms in total. The molecule has 2 aromatic rings. The lowest BCUT2D eigenvalue weighted by Gasteiger charge is -2.06. The minimum Gasteiger partial charge on any atom is -0.313 e. The van der Waals surface area contributed by atoms with Gasteiger partial charge in [-0.25, -0.2) is 13.1 Å². The second-order valence-corrected chi connectivity index (χ2v) is 6.64. The predicted octanol–water partition coefficient (Wildman–Crippen LogP) is 1.06. The summed E-state index contributed by atoms with van der Waals surface area (Å²) in [6.45, 7) is 3.50. The number of rotatable bonds is 7. The maximum Gasteiger partial charge on any atom is 0.258 e. The topological polar surface area (TPSA) is 86.9 Å². The van der Waals surface area contributed by atoms with Crippen LogP contribution in [0.15, 0.2) is 28.7 Å². The average Bonchev–Trinajstić information content (AvgIpc) is 3.05. The number of hydrogen-bond acceptors (Lipinski definition) is 5. The maximum absolute atomic E-state index is 12.2. The van der Waals surface area contributed by atoms with Gasteiger partial charge in [-0.05, 0) is 18.0 Å². The Morgan fingerprint density at radius 3 is 2.95 bits per heavy atom. The molecule has 0 radical (unpaired) electrons. The number of aromatic nitrogens is 2. The monoisotopic (exact) mass is 300 g/mol. The lowest BCUT2D eigenvalue weighted by atomic mass is 10.3. The van der Waals surface area contributed by atoms with Gasteiger partial charge in [0.15, 0.2) is 5.03 Å². The summed E-state index contributed by atoms with van der Waals surface area (Å²) in [4.78, 5) is 0.969. The van der Waals surface area contributed by atoms with Crippen molar-refractivity contribution < 1.29 is 8.42 Å². The molecular weight excluding hydrogens is 284 g/mol. The van der Waals surface area contributed by atoms with Gasteiger partial charge in [0.25, 0.3) is 10.0 Å². The first-order chi connectivity index (χ1) is 9.13. The highest BCUT2D eigenvalue weighted by molar-refractivity contribution is 7.89. The van der Waals surface area contributed by atoms with Crippen LogP contribution in [0.5, 0.6) is 0 Å². The van der Waals surface area contributed by atoms with Crippen LogP contribution in [0.1, 0.15) is 17.4 Å². The van der Waals surface area contributed by atoms with Crippen molar-refractivity contribution in [2.45, 2.75) is 25.0 Å². The molecule has 0 fully saturated rings. The number of aromatic amines is 1. The molecule has 2 heterocycles. The van der Waals surface area contributed by atoms with Crippen molar-refractivity contribution in [3.63, 3.8) is 0 Å². The van der Waals surface area contributed by atoms with E-state index < -0.39 is 10.0 Å². The third-order valence-corrected chi connectivity index (χ3v) is 4.82. The van der Waals surface area contributed by atoms with Crippen molar-refractivity contribution in [2.24, 2.45) is 0 Å². The third-order valence-electron chi connectivity index (χ3n) is 2.53. The van der Waals surface area contributed by atoms with Gasteiger partial charge in [-0.2, -0.15) is 5.10 Å². The first-order valence-corrected chi connectivity index (χ1v) is 8.24. The highest BCUT2D eigenvalue weighted by atomic mass is 32.2. The molecule has 0 aliphatic heterocycles. The first-order valence-electron chi connectivity index (χ1n) is 5.88. The van der Waals surface area contributed by atoms with E-state index in [9.17, 15) is 8.42 Å². The number of thiophene rings is 1. The molecule has 0 saturated heterocycles. The summed E-state index contributed by atoms with van der Waals surface area (Å²) < 4.78 is 26.9. The van der Waals surface area contributed by atoms with Crippen molar-refractivity contribution in [2.75, 3.05) is 6.54 Å². The van der Waals surface area contributed by atoms with Gasteiger partial charge in [0.2, 0.25) is 0 Å². The van der Waals surface area contributed by atoms with E-state index in [0.29, 0.717) is 18.7 Å². The van der Waals surface area contributed by atoms with E-state index in [-0.39, 0.29) is 5.03 Å². The molecule has 0 aromatic carbocycles. The van der Waals surface area contributed by atoms with Crippen molar-refractivity contribution in [3.8, 4) is 0 Å². The smallest absolute Gasteiger partial charge is 0.258 e. The molecule has 0 bridgehead atoms. The van der Waals surface area contributed by atoms with Crippen LogP contribution in [0.2, 0.25) is 0 Å². The number of nitrogens with one attached hydrogen (secondary N) is 3. The largest absolute Gasteiger partial charge is 0.313 e. The van der Waals surface area contributed by atoms with E-state index in [1.807, 2.05) is 24.4 Å². The number of hydrogen-bond donors (Lipinski definition) is 3. The van der Waals surface area contributed by atoms with Crippen LogP contribution in [0.3, 0.4) is 0 Å². The molecule has 0 saturated carbocycles. The molecule has 0 atom stereocenters. The molecule has 104 valence electrons. The van der Waals surface area contributed by atoms with Gasteiger partial charge in [-0.15, -0.1) is 11.3 Å². The number of H-pyrrole nitrogens is 1. The van der Waals surface area contributed by atoms with E-state index in [2.05, 4.69) is 20.2 Å². The van der Waals surface area contributed by atoms with Crippen LogP contribution in [0, 0.1) is 0 Å². The molecule has 0 unspecified atom stereocenters. The van der Waals surface area contributed by atoms with E-state index in [0.717, 1.165) is 11.4 Å². The molecule has 0 aliphatic rings. The van der Waals surface area contributed by atoms with Crippen molar-refractivity contribution in [1.82, 2.24) is 20.2 Å². The fourth-order valence-electron chi connectivity index (χ4n) is 1.57. The second kappa shape index (κ2) is 6.29. The van der Waals surface area contributed by atoms with Gasteiger partial charge in [0.05, 0.1) is 6.20 Å². The fourth-order valence-corrected chi connectivity index (χ4v) is 3.44. The van der Waals surface area contributed by atoms with Gasteiger partial charge in [0.1, 0.15) is 0 Å². The highest BCUT2D eigenvalue weighted by Gasteiger charge is 2.20. The Labute approximate surface area is 116 Å². The second-order valence-electron chi connectivity index (χ2n) is 3.91. The van der Waals surface area contributed by atoms with Crippen molar-refractivity contribution in [1.29, 1.82) is 0 Å². The molecule has 2 aromatic heterocycles. The van der Waals surface area contributed by atoms with Gasteiger partial charge < -0.3 is 5.32 Å². The Morgan fingerprint density at radius 2 is 2.26 bits per heavy atom.